The van der Waals surface area contributed by atoms with Crippen LogP contribution in [0.5, 0.6) is 0 Å². The van der Waals surface area contributed by atoms with E-state index in [9.17, 15) is 5.11 Å². The monoisotopic (exact) mass is 441 g/mol. The molecule has 2 aliphatic heterocycles. The Balaban J connectivity index is 1.62. The van der Waals surface area contributed by atoms with E-state index in [0.717, 1.165) is 41.2 Å². The number of benzene rings is 1. The van der Waals surface area contributed by atoms with E-state index in [0.29, 0.717) is 43.0 Å². The van der Waals surface area contributed by atoms with Crippen molar-refractivity contribution in [2.75, 3.05) is 41.9 Å². The van der Waals surface area contributed by atoms with Crippen molar-refractivity contribution in [2.24, 2.45) is 0 Å². The summed E-state index contributed by atoms with van der Waals surface area (Å²) in [5.41, 5.74) is 2.43. The molecule has 10 heteroatoms. The minimum atomic E-state index is 0.103. The summed E-state index contributed by atoms with van der Waals surface area (Å²) in [5, 5.41) is 16.5. The SMILES string of the molecule is C=C1Nc2c(NCCCO)nc(-n3cnc4ccc(Cl)cc43)nc2N1C1CCOCC1. The van der Waals surface area contributed by atoms with Crippen molar-refractivity contribution in [3.63, 3.8) is 0 Å². The highest BCUT2D eigenvalue weighted by Gasteiger charge is 2.34. The van der Waals surface area contributed by atoms with Gasteiger partial charge in [0.25, 0.3) is 0 Å². The van der Waals surface area contributed by atoms with Gasteiger partial charge in [-0.3, -0.25) is 4.57 Å². The molecule has 3 N–H and O–H groups in total. The summed E-state index contributed by atoms with van der Waals surface area (Å²) in [6.45, 7) is 6.34. The number of hydrogen-bond acceptors (Lipinski definition) is 8. The number of aromatic nitrogens is 4. The number of ether oxygens (including phenoxy) is 1. The van der Waals surface area contributed by atoms with Crippen molar-refractivity contribution in [1.29, 1.82) is 0 Å². The molecule has 0 bridgehead atoms. The minimum Gasteiger partial charge on any atom is -0.396 e. The fourth-order valence-corrected chi connectivity index (χ4v) is 4.22. The van der Waals surface area contributed by atoms with Crippen LogP contribution < -0.4 is 15.5 Å². The highest BCUT2D eigenvalue weighted by atomic mass is 35.5. The van der Waals surface area contributed by atoms with Crippen molar-refractivity contribution in [3.05, 3.63) is 41.9 Å². The van der Waals surface area contributed by atoms with Gasteiger partial charge in [-0.25, -0.2) is 4.98 Å². The summed E-state index contributed by atoms with van der Waals surface area (Å²) >= 11 is 6.23. The van der Waals surface area contributed by atoms with Crippen LogP contribution in [0.1, 0.15) is 19.3 Å². The average molecular weight is 442 g/mol. The number of aliphatic hydroxyl groups excluding tert-OH is 1. The third-order valence-corrected chi connectivity index (χ3v) is 5.81. The van der Waals surface area contributed by atoms with Crippen molar-refractivity contribution < 1.29 is 9.84 Å². The summed E-state index contributed by atoms with van der Waals surface area (Å²) in [5.74, 6) is 2.70. The Kier molecular flexibility index (Phi) is 5.39. The second-order valence-corrected chi connectivity index (χ2v) is 8.04. The van der Waals surface area contributed by atoms with Gasteiger partial charge in [-0.05, 0) is 37.5 Å². The molecule has 0 saturated carbocycles. The summed E-state index contributed by atoms with van der Waals surface area (Å²) in [4.78, 5) is 16.3. The zero-order valence-corrected chi connectivity index (χ0v) is 17.8. The molecule has 3 aromatic rings. The fourth-order valence-electron chi connectivity index (χ4n) is 4.06. The van der Waals surface area contributed by atoms with Gasteiger partial charge in [0.05, 0.1) is 11.0 Å². The van der Waals surface area contributed by atoms with Gasteiger partial charge in [0, 0.05) is 37.4 Å². The van der Waals surface area contributed by atoms with E-state index in [4.69, 9.17) is 26.3 Å². The molecule has 31 heavy (non-hydrogen) atoms. The molecule has 0 radical (unpaired) electrons. The van der Waals surface area contributed by atoms with Gasteiger partial charge < -0.3 is 25.4 Å². The molecule has 1 fully saturated rings. The molecule has 9 nitrogen and oxygen atoms in total. The standard InChI is InChI=1S/C21H24ClN7O2/c1-13-25-18-19(23-7-2-8-30)26-21(27-20(18)29(13)15-5-9-31-10-6-15)28-12-24-16-4-3-14(22)11-17(16)28/h3-4,11-12,15,25,30H,1-2,5-10H2,(H,23,26,27). The van der Waals surface area contributed by atoms with Crippen LogP contribution in [0.4, 0.5) is 17.3 Å². The lowest BCUT2D eigenvalue weighted by atomic mass is 10.1. The van der Waals surface area contributed by atoms with Gasteiger partial charge in [0.1, 0.15) is 17.8 Å². The maximum Gasteiger partial charge on any atom is 0.239 e. The van der Waals surface area contributed by atoms with Crippen molar-refractivity contribution in [3.8, 4) is 5.95 Å². The van der Waals surface area contributed by atoms with Crippen LogP contribution in [-0.2, 0) is 4.74 Å². The van der Waals surface area contributed by atoms with Gasteiger partial charge in [-0.1, -0.05) is 18.2 Å². The van der Waals surface area contributed by atoms with Crippen LogP contribution in [-0.4, -0.2) is 57.0 Å². The lowest BCUT2D eigenvalue weighted by molar-refractivity contribution is 0.0859. The van der Waals surface area contributed by atoms with E-state index < -0.39 is 0 Å². The molecule has 162 valence electrons. The van der Waals surface area contributed by atoms with E-state index in [2.05, 4.69) is 27.1 Å². The number of imidazole rings is 1. The van der Waals surface area contributed by atoms with Crippen LogP contribution in [0.15, 0.2) is 36.9 Å². The van der Waals surface area contributed by atoms with E-state index in [-0.39, 0.29) is 12.6 Å². The van der Waals surface area contributed by atoms with Crippen LogP contribution in [0.25, 0.3) is 17.0 Å². The second-order valence-electron chi connectivity index (χ2n) is 7.61. The third kappa shape index (κ3) is 3.69. The number of nitrogens with zero attached hydrogens (tertiary/aromatic N) is 5. The number of fused-ring (bicyclic) bond motifs is 2. The summed E-state index contributed by atoms with van der Waals surface area (Å²) in [6, 6.07) is 5.79. The van der Waals surface area contributed by atoms with E-state index >= 15 is 0 Å². The summed E-state index contributed by atoms with van der Waals surface area (Å²) < 4.78 is 7.38. The van der Waals surface area contributed by atoms with Gasteiger partial charge in [-0.15, -0.1) is 0 Å². The Morgan fingerprint density at radius 2 is 2.13 bits per heavy atom. The Hall–Kier alpha value is -2.88. The smallest absolute Gasteiger partial charge is 0.239 e. The first kappa shape index (κ1) is 20.0. The summed E-state index contributed by atoms with van der Waals surface area (Å²) in [6.07, 6.45) is 4.12. The normalized spacial score (nSPS) is 16.6. The molecule has 1 aromatic carbocycles. The average Bonchev–Trinajstić information content (AvgIpc) is 3.34. The van der Waals surface area contributed by atoms with Gasteiger partial charge >= 0.3 is 0 Å². The molecule has 1 saturated heterocycles. The zero-order chi connectivity index (χ0) is 21.4. The Bertz CT molecular complexity index is 1130. The number of hydrogen-bond donors (Lipinski definition) is 3. The molecular weight excluding hydrogens is 418 g/mol. The van der Waals surface area contributed by atoms with Crippen LogP contribution in [0.3, 0.4) is 0 Å². The highest BCUT2D eigenvalue weighted by molar-refractivity contribution is 6.31. The van der Waals surface area contributed by atoms with Crippen LogP contribution in [0, 0.1) is 0 Å². The molecule has 5 rings (SSSR count). The number of aliphatic hydroxyl groups is 1. The molecule has 0 spiro atoms. The first-order chi connectivity index (χ1) is 15.2. The minimum absolute atomic E-state index is 0.103. The number of halogens is 1. The maximum atomic E-state index is 9.19. The van der Waals surface area contributed by atoms with Crippen molar-refractivity contribution in [2.45, 2.75) is 25.3 Å². The third-order valence-electron chi connectivity index (χ3n) is 5.57. The molecule has 4 heterocycles. The van der Waals surface area contributed by atoms with Crippen LogP contribution >= 0.6 is 11.6 Å². The van der Waals surface area contributed by atoms with Gasteiger partial charge in [0.2, 0.25) is 5.95 Å². The van der Waals surface area contributed by atoms with Crippen LogP contribution in [0.2, 0.25) is 5.02 Å². The topological polar surface area (TPSA) is 100 Å². The molecular formula is C21H24ClN7O2. The summed E-state index contributed by atoms with van der Waals surface area (Å²) in [7, 11) is 0. The van der Waals surface area contributed by atoms with Gasteiger partial charge in [-0.2, -0.15) is 9.97 Å². The lowest BCUT2D eigenvalue weighted by Gasteiger charge is -2.32. The number of rotatable bonds is 6. The van der Waals surface area contributed by atoms with Crippen molar-refractivity contribution >= 4 is 40.0 Å². The fraction of sp³-hybridized carbons (Fsp3) is 0.381. The zero-order valence-electron chi connectivity index (χ0n) is 17.0. The Morgan fingerprint density at radius 1 is 1.29 bits per heavy atom. The van der Waals surface area contributed by atoms with E-state index in [1.54, 1.807) is 6.33 Å². The maximum absolute atomic E-state index is 9.19. The predicted molar refractivity (Wildman–Crippen MR) is 121 cm³/mol. The lowest BCUT2D eigenvalue weighted by Crippen LogP contribution is -2.38. The quantitative estimate of drug-likeness (QED) is 0.501. The first-order valence-corrected chi connectivity index (χ1v) is 10.8. The molecule has 2 aromatic heterocycles. The predicted octanol–water partition coefficient (Wildman–Crippen LogP) is 3.15. The molecule has 2 aliphatic rings. The molecule has 0 aliphatic carbocycles. The second kappa shape index (κ2) is 8.33. The largest absolute Gasteiger partial charge is 0.396 e. The molecule has 0 amide bonds. The molecule has 0 atom stereocenters. The number of anilines is 3. The van der Waals surface area contributed by atoms with Gasteiger partial charge in [0.15, 0.2) is 11.6 Å². The molecule has 0 unspecified atom stereocenters. The van der Waals surface area contributed by atoms with Crippen molar-refractivity contribution in [1.82, 2.24) is 19.5 Å². The Morgan fingerprint density at radius 3 is 2.94 bits per heavy atom. The highest BCUT2D eigenvalue weighted by Crippen LogP contribution is 2.42. The van der Waals surface area contributed by atoms with E-state index in [1.807, 2.05) is 22.8 Å². The number of nitrogens with one attached hydrogen (secondary N) is 2. The first-order valence-electron chi connectivity index (χ1n) is 10.4. The Labute approximate surface area is 184 Å². The van der Waals surface area contributed by atoms with E-state index in [1.165, 1.54) is 0 Å².